The zero-order valence-corrected chi connectivity index (χ0v) is 15.8. The van der Waals surface area contributed by atoms with Crippen LogP contribution in [0.4, 0.5) is 5.69 Å². The Bertz CT molecular complexity index is 1460. The number of carbonyl (C=O) groups excluding carboxylic acids is 1. The summed E-state index contributed by atoms with van der Waals surface area (Å²) < 4.78 is 5.24. The third-order valence-electron chi connectivity index (χ3n) is 4.74. The van der Waals surface area contributed by atoms with Gasteiger partial charge in [-0.2, -0.15) is 0 Å². The summed E-state index contributed by atoms with van der Waals surface area (Å²) in [6.45, 7) is 0. The van der Waals surface area contributed by atoms with Crippen molar-refractivity contribution in [2.75, 3.05) is 12.4 Å². The van der Waals surface area contributed by atoms with Crippen LogP contribution in [0.1, 0.15) is 10.4 Å². The number of ether oxygens (including phenoxy) is 1. The van der Waals surface area contributed by atoms with Crippen molar-refractivity contribution in [3.63, 3.8) is 0 Å². The van der Waals surface area contributed by atoms with E-state index in [1.165, 1.54) is 0 Å². The molecule has 0 bridgehead atoms. The molecule has 4 N–H and O–H groups in total. The van der Waals surface area contributed by atoms with Gasteiger partial charge in [-0.3, -0.25) is 9.78 Å². The number of H-pyrrole nitrogens is 3. The Morgan fingerprint density at radius 1 is 1.00 bits per heavy atom. The standard InChI is InChI=1S/C21H16N6O3/c1-30-12-7-8-22-17(10-12)19-24-15-4-2-3-13(18(15)27-19)20(28)23-11-5-6-14-16(9-11)26-21(29)25-14/h2-10H,1H3,(H,23,28)(H,24,27)(H2,25,26,29). The first-order valence-electron chi connectivity index (χ1n) is 9.13. The third-order valence-corrected chi connectivity index (χ3v) is 4.74. The Kier molecular flexibility index (Phi) is 4.06. The van der Waals surface area contributed by atoms with Crippen molar-refractivity contribution in [1.82, 2.24) is 24.9 Å². The van der Waals surface area contributed by atoms with Gasteiger partial charge in [0.05, 0.1) is 29.2 Å². The van der Waals surface area contributed by atoms with Crippen molar-refractivity contribution in [3.05, 3.63) is 70.8 Å². The van der Waals surface area contributed by atoms with Crippen LogP contribution in [-0.2, 0) is 0 Å². The van der Waals surface area contributed by atoms with Gasteiger partial charge in [0.1, 0.15) is 17.0 Å². The summed E-state index contributed by atoms with van der Waals surface area (Å²) >= 11 is 0. The molecule has 30 heavy (non-hydrogen) atoms. The lowest BCUT2D eigenvalue weighted by Crippen LogP contribution is -2.12. The van der Waals surface area contributed by atoms with Crippen LogP contribution < -0.4 is 15.7 Å². The highest BCUT2D eigenvalue weighted by atomic mass is 16.5. The summed E-state index contributed by atoms with van der Waals surface area (Å²) in [4.78, 5) is 41.8. The molecule has 0 aliphatic heterocycles. The van der Waals surface area contributed by atoms with Crippen LogP contribution >= 0.6 is 0 Å². The summed E-state index contributed by atoms with van der Waals surface area (Å²) in [7, 11) is 1.58. The van der Waals surface area contributed by atoms with E-state index in [2.05, 4.69) is 30.2 Å². The lowest BCUT2D eigenvalue weighted by molar-refractivity contribution is 0.102. The largest absolute Gasteiger partial charge is 0.497 e. The molecule has 1 amide bonds. The molecular formula is C21H16N6O3. The highest BCUT2D eigenvalue weighted by molar-refractivity contribution is 6.12. The minimum absolute atomic E-state index is 0.298. The van der Waals surface area contributed by atoms with Crippen LogP contribution in [-0.4, -0.2) is 37.9 Å². The smallest absolute Gasteiger partial charge is 0.323 e. The SMILES string of the molecule is COc1ccnc(-c2nc3c(C(=O)Nc4ccc5[nH]c(=O)[nH]c5c4)cccc3[nH]2)c1. The van der Waals surface area contributed by atoms with E-state index in [0.717, 1.165) is 0 Å². The summed E-state index contributed by atoms with van der Waals surface area (Å²) in [5.41, 5.74) is 3.82. The van der Waals surface area contributed by atoms with E-state index < -0.39 is 0 Å². The van der Waals surface area contributed by atoms with E-state index in [9.17, 15) is 9.59 Å². The van der Waals surface area contributed by atoms with Gasteiger partial charge in [0, 0.05) is 18.0 Å². The Morgan fingerprint density at radius 2 is 1.87 bits per heavy atom. The quantitative estimate of drug-likeness (QED) is 0.369. The fourth-order valence-corrected chi connectivity index (χ4v) is 3.31. The van der Waals surface area contributed by atoms with E-state index in [0.29, 0.717) is 50.6 Å². The van der Waals surface area contributed by atoms with Crippen LogP contribution in [0, 0.1) is 0 Å². The predicted octanol–water partition coefficient (Wildman–Crippen LogP) is 3.06. The number of anilines is 1. The number of para-hydroxylation sites is 1. The number of imidazole rings is 2. The van der Waals surface area contributed by atoms with Crippen molar-refractivity contribution in [2.45, 2.75) is 0 Å². The lowest BCUT2D eigenvalue weighted by atomic mass is 10.1. The first-order valence-corrected chi connectivity index (χ1v) is 9.13. The monoisotopic (exact) mass is 400 g/mol. The number of methoxy groups -OCH3 is 1. The van der Waals surface area contributed by atoms with Gasteiger partial charge in [0.25, 0.3) is 5.91 Å². The number of aromatic amines is 3. The summed E-state index contributed by atoms with van der Waals surface area (Å²) in [5.74, 6) is 0.890. The second-order valence-corrected chi connectivity index (χ2v) is 6.66. The molecule has 0 spiro atoms. The topological polar surface area (TPSA) is 129 Å². The number of amides is 1. The Labute approximate surface area is 169 Å². The molecule has 0 saturated carbocycles. The van der Waals surface area contributed by atoms with E-state index in [1.807, 2.05) is 6.07 Å². The second-order valence-electron chi connectivity index (χ2n) is 6.66. The van der Waals surface area contributed by atoms with E-state index >= 15 is 0 Å². The van der Waals surface area contributed by atoms with Crippen LogP contribution in [0.3, 0.4) is 0 Å². The highest BCUT2D eigenvalue weighted by Gasteiger charge is 2.16. The van der Waals surface area contributed by atoms with E-state index in [4.69, 9.17) is 4.74 Å². The van der Waals surface area contributed by atoms with Gasteiger partial charge >= 0.3 is 5.69 Å². The molecule has 5 aromatic rings. The molecule has 0 atom stereocenters. The van der Waals surface area contributed by atoms with Crippen LogP contribution in [0.25, 0.3) is 33.6 Å². The van der Waals surface area contributed by atoms with E-state index in [1.54, 1.807) is 55.8 Å². The number of fused-ring (bicyclic) bond motifs is 2. The van der Waals surface area contributed by atoms with Gasteiger partial charge in [-0.1, -0.05) is 6.07 Å². The molecule has 0 fully saturated rings. The maximum absolute atomic E-state index is 12.9. The first-order chi connectivity index (χ1) is 14.6. The molecule has 3 aromatic heterocycles. The number of rotatable bonds is 4. The Morgan fingerprint density at radius 3 is 2.73 bits per heavy atom. The summed E-state index contributed by atoms with van der Waals surface area (Å²) in [6.07, 6.45) is 1.64. The number of carbonyl (C=O) groups is 1. The van der Waals surface area contributed by atoms with Crippen LogP contribution in [0.15, 0.2) is 59.5 Å². The van der Waals surface area contributed by atoms with Gasteiger partial charge in [0.2, 0.25) is 0 Å². The number of hydrogen-bond donors (Lipinski definition) is 4. The summed E-state index contributed by atoms with van der Waals surface area (Å²) in [6, 6.07) is 14.0. The molecular weight excluding hydrogens is 384 g/mol. The number of nitrogens with one attached hydrogen (secondary N) is 4. The second kappa shape index (κ2) is 6.89. The van der Waals surface area contributed by atoms with Crippen molar-refractivity contribution in [2.24, 2.45) is 0 Å². The molecule has 9 heteroatoms. The van der Waals surface area contributed by atoms with Crippen molar-refractivity contribution in [1.29, 1.82) is 0 Å². The Balaban J connectivity index is 1.50. The van der Waals surface area contributed by atoms with Gasteiger partial charge in [-0.05, 0) is 36.4 Å². The minimum atomic E-state index is -0.311. The fraction of sp³-hybridized carbons (Fsp3) is 0.0476. The minimum Gasteiger partial charge on any atom is -0.497 e. The average Bonchev–Trinajstić information content (AvgIpc) is 3.35. The molecule has 0 aliphatic carbocycles. The third kappa shape index (κ3) is 3.08. The van der Waals surface area contributed by atoms with Gasteiger partial charge in [0.15, 0.2) is 5.82 Å². The van der Waals surface area contributed by atoms with Crippen molar-refractivity contribution < 1.29 is 9.53 Å². The molecule has 0 unspecified atom stereocenters. The van der Waals surface area contributed by atoms with Crippen molar-refractivity contribution >= 4 is 33.7 Å². The molecule has 0 aliphatic rings. The number of benzene rings is 2. The molecule has 0 radical (unpaired) electrons. The molecule has 3 heterocycles. The molecule has 148 valence electrons. The average molecular weight is 400 g/mol. The van der Waals surface area contributed by atoms with Gasteiger partial charge < -0.3 is 25.0 Å². The lowest BCUT2D eigenvalue weighted by Gasteiger charge is -2.06. The predicted molar refractivity (Wildman–Crippen MR) is 113 cm³/mol. The molecule has 9 nitrogen and oxygen atoms in total. The van der Waals surface area contributed by atoms with Crippen molar-refractivity contribution in [3.8, 4) is 17.3 Å². The molecule has 0 saturated heterocycles. The number of hydrogen-bond acceptors (Lipinski definition) is 5. The maximum Gasteiger partial charge on any atom is 0.323 e. The zero-order valence-electron chi connectivity index (χ0n) is 15.8. The number of nitrogens with zero attached hydrogens (tertiary/aromatic N) is 2. The van der Waals surface area contributed by atoms with E-state index in [-0.39, 0.29) is 11.6 Å². The first kappa shape index (κ1) is 17.7. The van der Waals surface area contributed by atoms with Gasteiger partial charge in [-0.25, -0.2) is 9.78 Å². The normalized spacial score (nSPS) is 11.1. The van der Waals surface area contributed by atoms with Gasteiger partial charge in [-0.15, -0.1) is 0 Å². The molecule has 2 aromatic carbocycles. The highest BCUT2D eigenvalue weighted by Crippen LogP contribution is 2.25. The van der Waals surface area contributed by atoms with Crippen LogP contribution in [0.5, 0.6) is 5.75 Å². The van der Waals surface area contributed by atoms with Crippen LogP contribution in [0.2, 0.25) is 0 Å². The summed E-state index contributed by atoms with van der Waals surface area (Å²) in [5, 5.41) is 2.85. The number of pyridine rings is 1. The maximum atomic E-state index is 12.9. The number of aromatic nitrogens is 5. The molecule has 5 rings (SSSR count). The zero-order chi connectivity index (χ0) is 20.7. The Hall–Kier alpha value is -4.40. The fourth-order valence-electron chi connectivity index (χ4n) is 3.31.